The molecule has 0 aliphatic carbocycles. The second-order valence-corrected chi connectivity index (χ2v) is 7.75. The Morgan fingerprint density at radius 3 is 2.83 bits per heavy atom. The van der Waals surface area contributed by atoms with Gasteiger partial charge in [0, 0.05) is 22.2 Å². The van der Waals surface area contributed by atoms with Crippen molar-refractivity contribution in [3.63, 3.8) is 0 Å². The average molecular weight is 408 g/mol. The molecule has 7 heteroatoms. The summed E-state index contributed by atoms with van der Waals surface area (Å²) in [5.74, 6) is 1.80. The Kier molecular flexibility index (Phi) is 5.64. The van der Waals surface area contributed by atoms with E-state index in [9.17, 15) is 4.79 Å². The van der Waals surface area contributed by atoms with Gasteiger partial charge in [0.1, 0.15) is 0 Å². The molecule has 1 aromatic carbocycles. The highest BCUT2D eigenvalue weighted by atomic mass is 79.9. The van der Waals surface area contributed by atoms with Crippen LogP contribution in [0.5, 0.6) is 0 Å². The predicted molar refractivity (Wildman–Crippen MR) is 98.1 cm³/mol. The molecule has 0 spiro atoms. The standard InChI is InChI=1S/C16H14BrN3OS2/c17-12-7-5-11(6-8-12)13(21)3-1-10-23-16-18-15(19-20-16)14-4-2-9-22-14/h2,4-9H,1,3,10H2,(H,18,19,20). The fourth-order valence-corrected chi connectivity index (χ4v) is 3.68. The van der Waals surface area contributed by atoms with Crippen molar-refractivity contribution in [1.82, 2.24) is 15.2 Å². The number of thiophene rings is 1. The van der Waals surface area contributed by atoms with Crippen molar-refractivity contribution >= 4 is 44.8 Å². The first-order valence-corrected chi connectivity index (χ1v) is 9.76. The van der Waals surface area contributed by atoms with Gasteiger partial charge >= 0.3 is 0 Å². The molecule has 0 radical (unpaired) electrons. The van der Waals surface area contributed by atoms with E-state index in [4.69, 9.17) is 0 Å². The number of H-pyrrole nitrogens is 1. The molecule has 0 bridgehead atoms. The summed E-state index contributed by atoms with van der Waals surface area (Å²) >= 11 is 6.57. The Morgan fingerprint density at radius 1 is 1.26 bits per heavy atom. The van der Waals surface area contributed by atoms with Crippen LogP contribution in [0.4, 0.5) is 0 Å². The first-order chi connectivity index (χ1) is 11.2. The van der Waals surface area contributed by atoms with Gasteiger partial charge < -0.3 is 0 Å². The summed E-state index contributed by atoms with van der Waals surface area (Å²) in [5, 5.41) is 9.88. The number of nitrogens with zero attached hydrogens (tertiary/aromatic N) is 2. The molecule has 2 heterocycles. The largest absolute Gasteiger partial charge is 0.294 e. The van der Waals surface area contributed by atoms with Gasteiger partial charge in [-0.15, -0.1) is 16.4 Å². The lowest BCUT2D eigenvalue weighted by Gasteiger charge is -2.00. The minimum absolute atomic E-state index is 0.173. The number of Topliss-reactive ketones (excluding diaryl/α,β-unsaturated/α-hetero) is 1. The zero-order valence-corrected chi connectivity index (χ0v) is 15.4. The number of aromatic nitrogens is 3. The maximum atomic E-state index is 12.1. The van der Waals surface area contributed by atoms with Crippen molar-refractivity contribution in [3.05, 3.63) is 51.8 Å². The maximum Gasteiger partial charge on any atom is 0.208 e. The lowest BCUT2D eigenvalue weighted by atomic mass is 10.1. The van der Waals surface area contributed by atoms with Crippen LogP contribution < -0.4 is 0 Å². The SMILES string of the molecule is O=C(CCCSc1n[nH]c(-c2cccs2)n1)c1ccc(Br)cc1. The Hall–Kier alpha value is -1.44. The highest BCUT2D eigenvalue weighted by molar-refractivity contribution is 9.10. The van der Waals surface area contributed by atoms with E-state index < -0.39 is 0 Å². The van der Waals surface area contributed by atoms with Crippen LogP contribution in [0, 0.1) is 0 Å². The van der Waals surface area contributed by atoms with Crippen LogP contribution in [0.25, 0.3) is 10.7 Å². The molecule has 0 unspecified atom stereocenters. The molecule has 0 saturated heterocycles. The third-order valence-corrected chi connectivity index (χ3v) is 5.50. The third-order valence-electron chi connectivity index (χ3n) is 3.16. The molecule has 0 saturated carbocycles. The molecule has 3 aromatic rings. The molecular formula is C16H14BrN3OS2. The molecule has 0 fully saturated rings. The summed E-state index contributed by atoms with van der Waals surface area (Å²) in [6, 6.07) is 11.5. The number of nitrogens with one attached hydrogen (secondary N) is 1. The third kappa shape index (κ3) is 4.53. The van der Waals surface area contributed by atoms with Gasteiger partial charge in [-0.05, 0) is 30.0 Å². The number of carbonyl (C=O) groups is 1. The van der Waals surface area contributed by atoms with Gasteiger partial charge in [0.2, 0.25) is 5.16 Å². The van der Waals surface area contributed by atoms with Crippen molar-refractivity contribution in [3.8, 4) is 10.7 Å². The fraction of sp³-hybridized carbons (Fsp3) is 0.188. The first-order valence-electron chi connectivity index (χ1n) is 7.10. The van der Waals surface area contributed by atoms with E-state index in [2.05, 4.69) is 31.1 Å². The molecular weight excluding hydrogens is 394 g/mol. The Balaban J connectivity index is 1.45. The van der Waals surface area contributed by atoms with Gasteiger partial charge in [-0.25, -0.2) is 4.98 Å². The molecule has 1 N–H and O–H groups in total. The van der Waals surface area contributed by atoms with Gasteiger partial charge in [0.15, 0.2) is 11.6 Å². The highest BCUT2D eigenvalue weighted by Gasteiger charge is 2.08. The van der Waals surface area contributed by atoms with E-state index in [0.29, 0.717) is 6.42 Å². The molecule has 2 aromatic heterocycles. The zero-order chi connectivity index (χ0) is 16.1. The van der Waals surface area contributed by atoms with E-state index in [0.717, 1.165) is 38.1 Å². The van der Waals surface area contributed by atoms with E-state index in [1.807, 2.05) is 41.8 Å². The second-order valence-electron chi connectivity index (χ2n) is 4.83. The lowest BCUT2D eigenvalue weighted by Crippen LogP contribution is -1.99. The van der Waals surface area contributed by atoms with Crippen LogP contribution in [0.3, 0.4) is 0 Å². The van der Waals surface area contributed by atoms with Crippen LogP contribution in [0.1, 0.15) is 23.2 Å². The van der Waals surface area contributed by atoms with Gasteiger partial charge in [-0.2, -0.15) is 0 Å². The summed E-state index contributed by atoms with van der Waals surface area (Å²) in [5.41, 5.74) is 0.760. The number of benzene rings is 1. The summed E-state index contributed by atoms with van der Waals surface area (Å²) in [7, 11) is 0. The number of ketones is 1. The van der Waals surface area contributed by atoms with Gasteiger partial charge in [0.05, 0.1) is 4.88 Å². The molecule has 23 heavy (non-hydrogen) atoms. The number of rotatable bonds is 7. The van der Waals surface area contributed by atoms with E-state index in [-0.39, 0.29) is 5.78 Å². The topological polar surface area (TPSA) is 58.6 Å². The van der Waals surface area contributed by atoms with Crippen molar-refractivity contribution in [2.45, 2.75) is 18.0 Å². The van der Waals surface area contributed by atoms with Gasteiger partial charge in [0.25, 0.3) is 0 Å². The quantitative estimate of drug-likeness (QED) is 0.338. The molecule has 4 nitrogen and oxygen atoms in total. The van der Waals surface area contributed by atoms with E-state index in [1.165, 1.54) is 0 Å². The van der Waals surface area contributed by atoms with Gasteiger partial charge in [-0.1, -0.05) is 45.9 Å². The summed E-state index contributed by atoms with van der Waals surface area (Å²) in [4.78, 5) is 17.6. The molecule has 118 valence electrons. The van der Waals surface area contributed by atoms with Crippen molar-refractivity contribution in [1.29, 1.82) is 0 Å². The van der Waals surface area contributed by atoms with Crippen molar-refractivity contribution in [2.24, 2.45) is 0 Å². The lowest BCUT2D eigenvalue weighted by molar-refractivity contribution is 0.0982. The summed E-state index contributed by atoms with van der Waals surface area (Å²) < 4.78 is 0.982. The normalized spacial score (nSPS) is 10.8. The predicted octanol–water partition coefficient (Wildman–Crippen LogP) is 5.05. The number of halogens is 1. The monoisotopic (exact) mass is 407 g/mol. The number of thioether (sulfide) groups is 1. The minimum atomic E-state index is 0.173. The first kappa shape index (κ1) is 16.4. The molecule has 0 aliphatic heterocycles. The molecule has 0 atom stereocenters. The molecule has 0 aliphatic rings. The smallest absolute Gasteiger partial charge is 0.208 e. The summed E-state index contributed by atoms with van der Waals surface area (Å²) in [6.07, 6.45) is 1.35. The Morgan fingerprint density at radius 2 is 2.09 bits per heavy atom. The van der Waals surface area contributed by atoms with E-state index >= 15 is 0 Å². The van der Waals surface area contributed by atoms with Crippen LogP contribution >= 0.6 is 39.0 Å². The van der Waals surface area contributed by atoms with E-state index in [1.54, 1.807) is 23.1 Å². The number of hydrogen-bond donors (Lipinski definition) is 1. The van der Waals surface area contributed by atoms with Crippen LogP contribution in [0.15, 0.2) is 51.4 Å². The van der Waals surface area contributed by atoms with Crippen LogP contribution in [-0.4, -0.2) is 26.7 Å². The average Bonchev–Trinajstić information content (AvgIpc) is 3.23. The van der Waals surface area contributed by atoms with Crippen LogP contribution in [0.2, 0.25) is 0 Å². The number of carbonyl (C=O) groups excluding carboxylic acids is 1. The maximum absolute atomic E-state index is 12.1. The van der Waals surface area contributed by atoms with Gasteiger partial charge in [-0.3, -0.25) is 9.89 Å². The second kappa shape index (κ2) is 7.90. The Labute approximate surface area is 150 Å². The minimum Gasteiger partial charge on any atom is -0.294 e. The number of hydrogen-bond acceptors (Lipinski definition) is 5. The van der Waals surface area contributed by atoms with Crippen molar-refractivity contribution < 1.29 is 4.79 Å². The summed E-state index contributed by atoms with van der Waals surface area (Å²) in [6.45, 7) is 0. The van der Waals surface area contributed by atoms with Crippen LogP contribution in [-0.2, 0) is 0 Å². The molecule has 0 amide bonds. The van der Waals surface area contributed by atoms with Crippen molar-refractivity contribution in [2.75, 3.05) is 5.75 Å². The zero-order valence-electron chi connectivity index (χ0n) is 12.2. The molecule has 3 rings (SSSR count). The highest BCUT2D eigenvalue weighted by Crippen LogP contribution is 2.23. The Bertz CT molecular complexity index is 769. The number of aromatic amines is 1. The fourth-order valence-electron chi connectivity index (χ4n) is 2.01.